The molecule has 0 saturated heterocycles. The van der Waals surface area contributed by atoms with Crippen molar-refractivity contribution >= 4 is 39.5 Å². The van der Waals surface area contributed by atoms with E-state index in [4.69, 9.17) is 37.0 Å². The number of aliphatic hydroxyl groups excluding tert-OH is 1. The van der Waals surface area contributed by atoms with Crippen LogP contribution in [-0.4, -0.2) is 96.7 Å². The van der Waals surface area contributed by atoms with Crippen molar-refractivity contribution < 1.29 is 80.2 Å². The fraction of sp³-hybridized carbons (Fsp3) is 0.877. The van der Waals surface area contributed by atoms with Crippen LogP contribution >= 0.6 is 15.6 Å². The predicted octanol–water partition coefficient (Wildman–Crippen LogP) is 17.7. The van der Waals surface area contributed by atoms with Crippen molar-refractivity contribution in [3.63, 3.8) is 0 Å². The van der Waals surface area contributed by atoms with Crippen molar-refractivity contribution in [2.75, 3.05) is 39.6 Å². The number of carbonyl (C=O) groups excluding carboxylic acids is 4. The monoisotopic (exact) mass is 1240 g/mol. The van der Waals surface area contributed by atoms with Crippen LogP contribution in [0.4, 0.5) is 0 Å². The lowest BCUT2D eigenvalue weighted by molar-refractivity contribution is -0.161. The molecule has 17 nitrogen and oxygen atoms in total. The minimum Gasteiger partial charge on any atom is -0.462 e. The third-order valence-corrected chi connectivity index (χ3v) is 16.3. The van der Waals surface area contributed by atoms with Gasteiger partial charge in [0, 0.05) is 25.7 Å². The standard InChI is InChI=1S/C65H122O17P2/c1-6-9-12-15-18-20-22-24-25-26-28-30-35-40-45-50-64(69)81-61(55-76-63(68)49-44-39-34-29-27-23-21-19-16-13-10-7-2)57-80-84(73,74)78-53-59(66)52-77-83(71,72)79-56-60(54-75-62(67)48-43-38-32-17-14-11-8-3)82-65(70)51-46-41-36-31-33-37-42-47-58(4)5/h20,22,24-25,58-61,66H,6-19,21,23,26-57H2,1-5H3,(H,71,72)(H,73,74)/b22-20-,25-24-/t59-,60+,61+/m0/s1. The molecule has 0 aliphatic heterocycles. The minimum absolute atomic E-state index is 0.0851. The van der Waals surface area contributed by atoms with Gasteiger partial charge >= 0.3 is 39.5 Å². The van der Waals surface area contributed by atoms with Crippen LogP contribution in [0.15, 0.2) is 24.3 Å². The van der Waals surface area contributed by atoms with Crippen molar-refractivity contribution in [1.82, 2.24) is 0 Å². The number of esters is 4. The quantitative estimate of drug-likeness (QED) is 0.0169. The fourth-order valence-corrected chi connectivity index (χ4v) is 10.8. The Morgan fingerprint density at radius 1 is 0.369 bits per heavy atom. The first-order valence-corrected chi connectivity index (χ1v) is 36.4. The lowest BCUT2D eigenvalue weighted by Gasteiger charge is -2.21. The molecule has 3 N–H and O–H groups in total. The van der Waals surface area contributed by atoms with Crippen LogP contribution in [0.2, 0.25) is 0 Å². The Hall–Kier alpha value is -2.46. The van der Waals surface area contributed by atoms with Gasteiger partial charge in [0.15, 0.2) is 12.2 Å². The molecule has 0 aliphatic carbocycles. The van der Waals surface area contributed by atoms with Gasteiger partial charge in [-0.15, -0.1) is 0 Å². The summed E-state index contributed by atoms with van der Waals surface area (Å²) in [6.45, 7) is 7.03. The number of allylic oxidation sites excluding steroid dienone is 4. The maximum atomic E-state index is 13.0. The van der Waals surface area contributed by atoms with Gasteiger partial charge in [-0.25, -0.2) is 9.13 Å². The third kappa shape index (κ3) is 58.6. The maximum absolute atomic E-state index is 13.0. The highest BCUT2D eigenvalue weighted by molar-refractivity contribution is 7.47. The normalized spacial score (nSPS) is 14.4. The van der Waals surface area contributed by atoms with Gasteiger partial charge in [-0.3, -0.25) is 37.3 Å². The SMILES string of the molecule is CCCCCC/C=C\C=C/CCCCCCCC(=O)O[C@H](COC(=O)CCCCCCCCCCCCCC)COP(=O)(O)OC[C@@H](O)COP(=O)(O)OC[C@@H](COC(=O)CCCCCCCCC)OC(=O)CCCCCCCCCC(C)C. The number of phosphoric acid groups is 2. The van der Waals surface area contributed by atoms with Gasteiger partial charge in [-0.1, -0.05) is 252 Å². The van der Waals surface area contributed by atoms with Crippen molar-refractivity contribution in [3.05, 3.63) is 24.3 Å². The van der Waals surface area contributed by atoms with Crippen molar-refractivity contribution in [3.8, 4) is 0 Å². The maximum Gasteiger partial charge on any atom is 0.472 e. The molecular weight excluding hydrogens is 1110 g/mol. The van der Waals surface area contributed by atoms with E-state index in [1.54, 1.807) is 0 Å². The molecule has 0 fully saturated rings. The summed E-state index contributed by atoms with van der Waals surface area (Å²) in [6.07, 6.45) is 45.4. The van der Waals surface area contributed by atoms with Crippen molar-refractivity contribution in [2.45, 2.75) is 323 Å². The molecule has 0 spiro atoms. The van der Waals surface area contributed by atoms with Crippen LogP contribution in [-0.2, 0) is 65.4 Å². The molecule has 0 heterocycles. The molecule has 0 radical (unpaired) electrons. The zero-order chi connectivity index (χ0) is 62.0. The second-order valence-electron chi connectivity index (χ2n) is 23.3. The molecule has 0 bridgehead atoms. The lowest BCUT2D eigenvalue weighted by Crippen LogP contribution is -2.30. The Morgan fingerprint density at radius 3 is 0.976 bits per heavy atom. The second kappa shape index (κ2) is 58.2. The summed E-state index contributed by atoms with van der Waals surface area (Å²) < 4.78 is 67.9. The number of hydrogen-bond acceptors (Lipinski definition) is 15. The smallest absolute Gasteiger partial charge is 0.462 e. The number of hydrogen-bond donors (Lipinski definition) is 3. The van der Waals surface area contributed by atoms with Crippen LogP contribution in [0, 0.1) is 5.92 Å². The van der Waals surface area contributed by atoms with Crippen molar-refractivity contribution in [1.29, 1.82) is 0 Å². The first kappa shape index (κ1) is 81.5. The molecule has 0 aromatic rings. The topological polar surface area (TPSA) is 237 Å². The van der Waals surface area contributed by atoms with Gasteiger partial charge in [-0.2, -0.15) is 0 Å². The molecule has 0 aromatic heterocycles. The molecule has 0 aromatic carbocycles. The van der Waals surface area contributed by atoms with Crippen LogP contribution in [0.3, 0.4) is 0 Å². The minimum atomic E-state index is -4.95. The first-order chi connectivity index (χ1) is 40.5. The van der Waals surface area contributed by atoms with Crippen LogP contribution in [0.1, 0.15) is 304 Å². The Labute approximate surface area is 510 Å². The highest BCUT2D eigenvalue weighted by Crippen LogP contribution is 2.45. The summed E-state index contributed by atoms with van der Waals surface area (Å²) in [5.74, 6) is -1.47. The van der Waals surface area contributed by atoms with E-state index >= 15 is 0 Å². The third-order valence-electron chi connectivity index (χ3n) is 14.4. The van der Waals surface area contributed by atoms with E-state index in [9.17, 15) is 43.2 Å². The summed E-state index contributed by atoms with van der Waals surface area (Å²) in [4.78, 5) is 72.1. The van der Waals surface area contributed by atoms with Crippen LogP contribution < -0.4 is 0 Å². The van der Waals surface area contributed by atoms with Gasteiger partial charge in [0.25, 0.3) is 0 Å². The van der Waals surface area contributed by atoms with Crippen LogP contribution in [0.25, 0.3) is 0 Å². The van der Waals surface area contributed by atoms with E-state index in [0.717, 1.165) is 116 Å². The van der Waals surface area contributed by atoms with Gasteiger partial charge in [-0.05, 0) is 57.3 Å². The van der Waals surface area contributed by atoms with E-state index in [-0.39, 0.29) is 25.7 Å². The molecule has 84 heavy (non-hydrogen) atoms. The second-order valence-corrected chi connectivity index (χ2v) is 26.2. The zero-order valence-corrected chi connectivity index (χ0v) is 55.3. The van der Waals surface area contributed by atoms with E-state index in [2.05, 4.69) is 58.9 Å². The number of rotatable bonds is 63. The summed E-state index contributed by atoms with van der Waals surface area (Å²) in [7, 11) is -9.90. The molecule has 0 saturated carbocycles. The number of carbonyl (C=O) groups is 4. The summed E-state index contributed by atoms with van der Waals surface area (Å²) in [5.41, 5.74) is 0. The molecule has 0 rings (SSSR count). The Balaban J connectivity index is 5.25. The van der Waals surface area contributed by atoms with Gasteiger partial charge in [0.2, 0.25) is 0 Å². The highest BCUT2D eigenvalue weighted by atomic mass is 31.2. The average Bonchev–Trinajstić information content (AvgIpc) is 3.64. The molecule has 19 heteroatoms. The molecule has 2 unspecified atom stereocenters. The zero-order valence-electron chi connectivity index (χ0n) is 53.5. The average molecular weight is 1240 g/mol. The summed E-state index contributed by atoms with van der Waals surface area (Å²) in [6, 6.07) is 0. The summed E-state index contributed by atoms with van der Waals surface area (Å²) >= 11 is 0. The lowest BCUT2D eigenvalue weighted by atomic mass is 10.0. The van der Waals surface area contributed by atoms with Gasteiger partial charge in [0.1, 0.15) is 19.3 Å². The number of ether oxygens (including phenoxy) is 4. The predicted molar refractivity (Wildman–Crippen MR) is 335 cm³/mol. The Kier molecular flexibility index (Phi) is 56.5. The summed E-state index contributed by atoms with van der Waals surface area (Å²) in [5, 5.41) is 10.5. The van der Waals surface area contributed by atoms with Gasteiger partial charge in [0.05, 0.1) is 26.4 Å². The van der Waals surface area contributed by atoms with E-state index < -0.39 is 97.5 Å². The van der Waals surface area contributed by atoms with Crippen molar-refractivity contribution in [2.24, 2.45) is 5.92 Å². The number of phosphoric ester groups is 2. The molecule has 0 aliphatic rings. The fourth-order valence-electron chi connectivity index (χ4n) is 9.22. The Bertz CT molecular complexity index is 1730. The number of aliphatic hydroxyl groups is 1. The van der Waals surface area contributed by atoms with E-state index in [0.29, 0.717) is 31.6 Å². The molecular formula is C65H122O17P2. The van der Waals surface area contributed by atoms with E-state index in [1.165, 1.54) is 103 Å². The number of unbranched alkanes of at least 4 members (excludes halogenated alkanes) is 32. The van der Waals surface area contributed by atoms with Gasteiger partial charge < -0.3 is 33.8 Å². The highest BCUT2D eigenvalue weighted by Gasteiger charge is 2.30. The first-order valence-electron chi connectivity index (χ1n) is 33.5. The molecule has 5 atom stereocenters. The largest absolute Gasteiger partial charge is 0.472 e. The van der Waals surface area contributed by atoms with E-state index in [1.807, 2.05) is 0 Å². The van der Waals surface area contributed by atoms with Crippen LogP contribution in [0.5, 0.6) is 0 Å². The molecule has 494 valence electrons. The Morgan fingerprint density at radius 2 is 0.643 bits per heavy atom. The molecule has 0 amide bonds.